The van der Waals surface area contributed by atoms with Crippen LogP contribution in [0.1, 0.15) is 31.2 Å². The van der Waals surface area contributed by atoms with Gasteiger partial charge >= 0.3 is 0 Å². The Hall–Kier alpha value is -0.940. The molecular formula is C12H19N3OS. The van der Waals surface area contributed by atoms with Crippen molar-refractivity contribution in [3.05, 3.63) is 16.6 Å². The van der Waals surface area contributed by atoms with E-state index in [1.54, 1.807) is 17.5 Å². The number of amides is 1. The SMILES string of the molecule is CC1(C(=O)NCCc2nccs2)CCCC1N. The fourth-order valence-electron chi connectivity index (χ4n) is 2.34. The fraction of sp³-hybridized carbons (Fsp3) is 0.667. The molecule has 1 saturated carbocycles. The van der Waals surface area contributed by atoms with Crippen LogP contribution in [0, 0.1) is 5.41 Å². The van der Waals surface area contributed by atoms with E-state index in [-0.39, 0.29) is 17.4 Å². The van der Waals surface area contributed by atoms with E-state index in [2.05, 4.69) is 10.3 Å². The molecule has 2 rings (SSSR count). The number of nitrogens with zero attached hydrogens (tertiary/aromatic N) is 1. The van der Waals surface area contributed by atoms with Crippen molar-refractivity contribution in [2.24, 2.45) is 11.1 Å². The summed E-state index contributed by atoms with van der Waals surface area (Å²) in [5.41, 5.74) is 5.64. The molecule has 1 heterocycles. The zero-order chi connectivity index (χ0) is 12.3. The van der Waals surface area contributed by atoms with E-state index < -0.39 is 0 Å². The normalized spacial score (nSPS) is 28.2. The maximum absolute atomic E-state index is 12.1. The van der Waals surface area contributed by atoms with Crippen molar-refractivity contribution in [2.45, 2.75) is 38.6 Å². The van der Waals surface area contributed by atoms with Crippen LogP contribution >= 0.6 is 11.3 Å². The summed E-state index contributed by atoms with van der Waals surface area (Å²) in [5, 5.41) is 5.99. The van der Waals surface area contributed by atoms with Crippen LogP contribution in [0.5, 0.6) is 0 Å². The highest BCUT2D eigenvalue weighted by Gasteiger charge is 2.42. The van der Waals surface area contributed by atoms with Crippen molar-refractivity contribution in [1.82, 2.24) is 10.3 Å². The van der Waals surface area contributed by atoms with Crippen LogP contribution in [0.25, 0.3) is 0 Å². The van der Waals surface area contributed by atoms with E-state index in [1.807, 2.05) is 12.3 Å². The van der Waals surface area contributed by atoms with Gasteiger partial charge in [0, 0.05) is 30.6 Å². The number of thiazole rings is 1. The zero-order valence-electron chi connectivity index (χ0n) is 10.1. The van der Waals surface area contributed by atoms with E-state index >= 15 is 0 Å². The van der Waals surface area contributed by atoms with E-state index in [1.165, 1.54) is 0 Å². The molecule has 1 fully saturated rings. The molecule has 1 aromatic heterocycles. The summed E-state index contributed by atoms with van der Waals surface area (Å²) in [7, 11) is 0. The Labute approximate surface area is 106 Å². The largest absolute Gasteiger partial charge is 0.355 e. The minimum Gasteiger partial charge on any atom is -0.355 e. The summed E-state index contributed by atoms with van der Waals surface area (Å²) in [6, 6.07) is 0.00219. The topological polar surface area (TPSA) is 68.0 Å². The lowest BCUT2D eigenvalue weighted by molar-refractivity contribution is -0.130. The molecule has 0 bridgehead atoms. The first-order chi connectivity index (χ1) is 8.13. The predicted molar refractivity (Wildman–Crippen MR) is 68.8 cm³/mol. The van der Waals surface area contributed by atoms with Gasteiger partial charge in [-0.25, -0.2) is 4.98 Å². The van der Waals surface area contributed by atoms with Gasteiger partial charge in [-0.3, -0.25) is 4.79 Å². The van der Waals surface area contributed by atoms with Crippen LogP contribution in [0.15, 0.2) is 11.6 Å². The van der Waals surface area contributed by atoms with Crippen molar-refractivity contribution >= 4 is 17.2 Å². The summed E-state index contributed by atoms with van der Waals surface area (Å²) in [6.45, 7) is 2.62. The Kier molecular flexibility index (Phi) is 3.79. The van der Waals surface area contributed by atoms with Gasteiger partial charge in [0.05, 0.1) is 10.4 Å². The Bertz CT molecular complexity index is 379. The molecule has 4 nitrogen and oxygen atoms in total. The molecule has 1 aliphatic carbocycles. The number of nitrogens with two attached hydrogens (primary N) is 1. The third-order valence-electron chi connectivity index (χ3n) is 3.66. The molecular weight excluding hydrogens is 234 g/mol. The second kappa shape index (κ2) is 5.14. The highest BCUT2D eigenvalue weighted by molar-refractivity contribution is 7.09. The average Bonchev–Trinajstić information content (AvgIpc) is 2.91. The highest BCUT2D eigenvalue weighted by Crippen LogP contribution is 2.36. The molecule has 2 unspecified atom stereocenters. The zero-order valence-corrected chi connectivity index (χ0v) is 10.9. The molecule has 0 aliphatic heterocycles. The Balaban J connectivity index is 1.81. The number of nitrogens with one attached hydrogen (secondary N) is 1. The van der Waals surface area contributed by atoms with Crippen LogP contribution < -0.4 is 11.1 Å². The third kappa shape index (κ3) is 2.66. The molecule has 1 aromatic rings. The number of carbonyl (C=O) groups is 1. The summed E-state index contributed by atoms with van der Waals surface area (Å²) in [4.78, 5) is 16.3. The standard InChI is InChI=1S/C12H19N3OS/c1-12(5-2-3-9(12)13)11(16)15-6-4-10-14-7-8-17-10/h7-9H,2-6,13H2,1H3,(H,15,16). The third-order valence-corrected chi connectivity index (χ3v) is 4.50. The van der Waals surface area contributed by atoms with Crippen LogP contribution in [0.4, 0.5) is 0 Å². The van der Waals surface area contributed by atoms with Crippen LogP contribution in [-0.4, -0.2) is 23.5 Å². The maximum atomic E-state index is 12.1. The summed E-state index contributed by atoms with van der Waals surface area (Å²) >= 11 is 1.62. The van der Waals surface area contributed by atoms with Crippen LogP contribution in [-0.2, 0) is 11.2 Å². The lowest BCUT2D eigenvalue weighted by Gasteiger charge is -2.27. The first-order valence-electron chi connectivity index (χ1n) is 6.05. The second-order valence-corrected chi connectivity index (χ2v) is 5.83. The summed E-state index contributed by atoms with van der Waals surface area (Å²) in [6.07, 6.45) is 5.50. The van der Waals surface area contributed by atoms with Crippen molar-refractivity contribution in [3.63, 3.8) is 0 Å². The van der Waals surface area contributed by atoms with Gasteiger partial charge in [-0.05, 0) is 19.8 Å². The molecule has 1 aliphatic rings. The molecule has 94 valence electrons. The van der Waals surface area contributed by atoms with Crippen LogP contribution in [0.2, 0.25) is 0 Å². The Morgan fingerprint density at radius 2 is 2.59 bits per heavy atom. The van der Waals surface area contributed by atoms with Crippen LogP contribution in [0.3, 0.4) is 0 Å². The minimum absolute atomic E-state index is 0.00219. The number of hydrogen-bond donors (Lipinski definition) is 2. The van der Waals surface area contributed by atoms with Gasteiger partial charge in [-0.2, -0.15) is 0 Å². The van der Waals surface area contributed by atoms with E-state index in [4.69, 9.17) is 5.73 Å². The molecule has 1 amide bonds. The van der Waals surface area contributed by atoms with Gasteiger partial charge in [0.15, 0.2) is 0 Å². The molecule has 17 heavy (non-hydrogen) atoms. The van der Waals surface area contributed by atoms with E-state index in [9.17, 15) is 4.79 Å². The predicted octanol–water partition coefficient (Wildman–Crippen LogP) is 1.32. The number of aromatic nitrogens is 1. The summed E-state index contributed by atoms with van der Waals surface area (Å²) in [5.74, 6) is 0.0963. The van der Waals surface area contributed by atoms with Crippen molar-refractivity contribution < 1.29 is 4.79 Å². The Morgan fingerprint density at radius 1 is 1.76 bits per heavy atom. The first-order valence-corrected chi connectivity index (χ1v) is 6.93. The van der Waals surface area contributed by atoms with Gasteiger partial charge in [-0.15, -0.1) is 11.3 Å². The Morgan fingerprint density at radius 3 is 3.18 bits per heavy atom. The lowest BCUT2D eigenvalue weighted by Crippen LogP contribution is -2.47. The lowest BCUT2D eigenvalue weighted by atomic mass is 9.84. The smallest absolute Gasteiger partial charge is 0.227 e. The quantitative estimate of drug-likeness (QED) is 0.850. The molecule has 0 saturated heterocycles. The molecule has 0 spiro atoms. The van der Waals surface area contributed by atoms with Crippen molar-refractivity contribution in [2.75, 3.05) is 6.54 Å². The first kappa shape index (κ1) is 12.5. The van der Waals surface area contributed by atoms with Gasteiger partial charge < -0.3 is 11.1 Å². The maximum Gasteiger partial charge on any atom is 0.227 e. The molecule has 2 atom stereocenters. The molecule has 0 aromatic carbocycles. The van der Waals surface area contributed by atoms with E-state index in [0.29, 0.717) is 6.54 Å². The monoisotopic (exact) mass is 253 g/mol. The van der Waals surface area contributed by atoms with Gasteiger partial charge in [0.2, 0.25) is 5.91 Å². The molecule has 3 N–H and O–H groups in total. The van der Waals surface area contributed by atoms with Gasteiger partial charge in [0.1, 0.15) is 0 Å². The number of rotatable bonds is 4. The second-order valence-electron chi connectivity index (χ2n) is 4.85. The summed E-state index contributed by atoms with van der Waals surface area (Å²) < 4.78 is 0. The average molecular weight is 253 g/mol. The van der Waals surface area contributed by atoms with Crippen molar-refractivity contribution in [3.8, 4) is 0 Å². The molecule has 0 radical (unpaired) electrons. The van der Waals surface area contributed by atoms with Gasteiger partial charge in [0.25, 0.3) is 0 Å². The van der Waals surface area contributed by atoms with Crippen molar-refractivity contribution in [1.29, 1.82) is 0 Å². The number of carbonyl (C=O) groups excluding carboxylic acids is 1. The highest BCUT2D eigenvalue weighted by atomic mass is 32.1. The van der Waals surface area contributed by atoms with Gasteiger partial charge in [-0.1, -0.05) is 6.42 Å². The fourth-order valence-corrected chi connectivity index (χ4v) is 2.96. The molecule has 5 heteroatoms. The number of hydrogen-bond acceptors (Lipinski definition) is 4. The van der Waals surface area contributed by atoms with E-state index in [0.717, 1.165) is 30.7 Å². The minimum atomic E-state index is -0.372.